The van der Waals surface area contributed by atoms with Gasteiger partial charge in [-0.3, -0.25) is 9.59 Å². The molecule has 0 saturated carbocycles. The van der Waals surface area contributed by atoms with Crippen LogP contribution < -0.4 is 0 Å². The number of hydrogen-bond donors (Lipinski definition) is 0. The zero-order valence-corrected chi connectivity index (χ0v) is 11.0. The van der Waals surface area contributed by atoms with Crippen molar-refractivity contribution in [2.45, 2.75) is 24.5 Å². The zero-order chi connectivity index (χ0) is 12.0. The molecule has 0 amide bonds. The van der Waals surface area contributed by atoms with Crippen LogP contribution in [0.15, 0.2) is 10.3 Å². The first-order valence-electron chi connectivity index (χ1n) is 5.07. The Hall–Kier alpha value is -0.810. The van der Waals surface area contributed by atoms with Crippen molar-refractivity contribution in [1.29, 1.82) is 0 Å². The third kappa shape index (κ3) is 3.64. The van der Waals surface area contributed by atoms with Gasteiger partial charge in [-0.2, -0.15) is 0 Å². The third-order valence-electron chi connectivity index (χ3n) is 1.88. The lowest BCUT2D eigenvalue weighted by atomic mass is 10.3. The van der Waals surface area contributed by atoms with Gasteiger partial charge in [-0.25, -0.2) is 0 Å². The van der Waals surface area contributed by atoms with Gasteiger partial charge in [-0.1, -0.05) is 6.92 Å². The van der Waals surface area contributed by atoms with Crippen molar-refractivity contribution in [3.63, 3.8) is 0 Å². The summed E-state index contributed by atoms with van der Waals surface area (Å²) < 4.78 is 5.73. The van der Waals surface area contributed by atoms with E-state index in [9.17, 15) is 9.59 Å². The quantitative estimate of drug-likeness (QED) is 0.447. The molecule has 0 aliphatic rings. The Balaban J connectivity index is 2.61. The topological polar surface area (TPSA) is 43.4 Å². The lowest BCUT2D eigenvalue weighted by Crippen LogP contribution is -2.06. The Morgan fingerprint density at radius 1 is 1.56 bits per heavy atom. The van der Waals surface area contributed by atoms with Gasteiger partial charge in [0.05, 0.1) is 16.6 Å². The van der Waals surface area contributed by atoms with Gasteiger partial charge in [0.25, 0.3) is 0 Å². The second-order valence-electron chi connectivity index (χ2n) is 3.02. The Morgan fingerprint density at radius 3 is 2.88 bits per heavy atom. The molecule has 5 heteroatoms. The maximum atomic E-state index is 11.2. The normalized spacial score (nSPS) is 10.1. The molecular formula is C11H14O3S2. The minimum absolute atomic E-state index is 0.240. The molecule has 1 aromatic rings. The first kappa shape index (κ1) is 13.3. The molecule has 0 saturated heterocycles. The highest BCUT2D eigenvalue weighted by Gasteiger charge is 2.10. The van der Waals surface area contributed by atoms with Crippen LogP contribution in [0, 0.1) is 0 Å². The Bertz CT molecular complexity index is 371. The number of carbonyl (C=O) groups is 2. The minimum Gasteiger partial charge on any atom is -0.465 e. The van der Waals surface area contributed by atoms with E-state index in [0.29, 0.717) is 12.2 Å². The monoisotopic (exact) mass is 258 g/mol. The van der Waals surface area contributed by atoms with Crippen molar-refractivity contribution in [1.82, 2.24) is 0 Å². The van der Waals surface area contributed by atoms with Crippen molar-refractivity contribution in [3.8, 4) is 0 Å². The van der Waals surface area contributed by atoms with E-state index in [1.54, 1.807) is 18.3 Å². The summed E-state index contributed by atoms with van der Waals surface area (Å²) in [6, 6.07) is 1.88. The van der Waals surface area contributed by atoms with Crippen LogP contribution in [-0.4, -0.2) is 24.6 Å². The van der Waals surface area contributed by atoms with Gasteiger partial charge in [-0.05, 0) is 19.4 Å². The Labute approximate surface area is 103 Å². The molecule has 0 unspecified atom stereocenters. The summed E-state index contributed by atoms with van der Waals surface area (Å²) >= 11 is 2.94. The van der Waals surface area contributed by atoms with Crippen LogP contribution in [0.5, 0.6) is 0 Å². The second kappa shape index (κ2) is 6.70. The number of aryl methyl sites for hydroxylation is 1. The van der Waals surface area contributed by atoms with Crippen LogP contribution in [0.2, 0.25) is 0 Å². The fraction of sp³-hybridized carbons (Fsp3) is 0.455. The number of hydrogen-bond acceptors (Lipinski definition) is 5. The zero-order valence-electron chi connectivity index (χ0n) is 9.32. The molecule has 0 bridgehead atoms. The molecule has 0 fully saturated rings. The summed E-state index contributed by atoms with van der Waals surface area (Å²) in [5.74, 6) is 0.0222. The predicted molar refractivity (Wildman–Crippen MR) is 66.4 cm³/mol. The molecule has 1 aromatic heterocycles. The number of rotatable bonds is 6. The number of esters is 1. The first-order chi connectivity index (χ1) is 7.71. The van der Waals surface area contributed by atoms with E-state index in [1.807, 2.05) is 13.0 Å². The van der Waals surface area contributed by atoms with E-state index in [2.05, 4.69) is 0 Å². The first-order valence-corrected chi connectivity index (χ1v) is 6.87. The molecule has 16 heavy (non-hydrogen) atoms. The van der Waals surface area contributed by atoms with Crippen molar-refractivity contribution in [2.75, 3.05) is 12.4 Å². The fourth-order valence-corrected chi connectivity index (χ4v) is 3.27. The molecule has 88 valence electrons. The van der Waals surface area contributed by atoms with Gasteiger partial charge in [0.15, 0.2) is 6.29 Å². The molecule has 0 atom stereocenters. The third-order valence-corrected chi connectivity index (χ3v) is 4.45. The van der Waals surface area contributed by atoms with Crippen LogP contribution in [-0.2, 0) is 16.0 Å². The molecule has 1 rings (SSSR count). The largest absolute Gasteiger partial charge is 0.465 e. The predicted octanol–water partition coefficient (Wildman–Crippen LogP) is 2.78. The average molecular weight is 258 g/mol. The molecule has 0 aliphatic heterocycles. The smallest absolute Gasteiger partial charge is 0.316 e. The van der Waals surface area contributed by atoms with Crippen LogP contribution in [0.3, 0.4) is 0 Å². The lowest BCUT2D eigenvalue weighted by molar-refractivity contribution is -0.139. The van der Waals surface area contributed by atoms with E-state index in [1.165, 1.54) is 11.8 Å². The number of aldehydes is 1. The number of ether oxygens (including phenoxy) is 1. The van der Waals surface area contributed by atoms with Gasteiger partial charge in [0, 0.05) is 10.4 Å². The van der Waals surface area contributed by atoms with E-state index < -0.39 is 0 Å². The summed E-state index contributed by atoms with van der Waals surface area (Å²) in [4.78, 5) is 23.1. The van der Waals surface area contributed by atoms with Gasteiger partial charge in [0.2, 0.25) is 0 Å². The molecule has 3 nitrogen and oxygen atoms in total. The molecule has 1 heterocycles. The average Bonchev–Trinajstić information content (AvgIpc) is 2.69. The van der Waals surface area contributed by atoms with Gasteiger partial charge in [0.1, 0.15) is 0 Å². The SMILES string of the molecule is CCOC(=O)CSc1sc(CC)cc1C=O. The summed E-state index contributed by atoms with van der Waals surface area (Å²) in [5, 5.41) is 0. The van der Waals surface area contributed by atoms with Gasteiger partial charge < -0.3 is 4.74 Å². The Morgan fingerprint density at radius 2 is 2.31 bits per heavy atom. The highest BCUT2D eigenvalue weighted by molar-refractivity contribution is 8.01. The molecule has 0 N–H and O–H groups in total. The van der Waals surface area contributed by atoms with Crippen LogP contribution in [0.1, 0.15) is 29.1 Å². The maximum absolute atomic E-state index is 11.2. The van der Waals surface area contributed by atoms with Crippen LogP contribution in [0.25, 0.3) is 0 Å². The molecule has 0 spiro atoms. The number of thioether (sulfide) groups is 1. The van der Waals surface area contributed by atoms with Crippen molar-refractivity contribution in [3.05, 3.63) is 16.5 Å². The summed E-state index contributed by atoms with van der Waals surface area (Å²) in [5.41, 5.74) is 0.677. The summed E-state index contributed by atoms with van der Waals surface area (Å²) in [6.45, 7) is 4.21. The van der Waals surface area contributed by atoms with E-state index in [4.69, 9.17) is 4.74 Å². The summed E-state index contributed by atoms with van der Waals surface area (Å²) in [7, 11) is 0. The van der Waals surface area contributed by atoms with Gasteiger partial charge in [-0.15, -0.1) is 23.1 Å². The molecule has 0 aliphatic carbocycles. The van der Waals surface area contributed by atoms with Gasteiger partial charge >= 0.3 is 5.97 Å². The lowest BCUT2D eigenvalue weighted by Gasteiger charge is -2.00. The molecular weight excluding hydrogens is 244 g/mol. The van der Waals surface area contributed by atoms with Crippen LogP contribution in [0.4, 0.5) is 0 Å². The van der Waals surface area contributed by atoms with Crippen molar-refractivity contribution < 1.29 is 14.3 Å². The van der Waals surface area contributed by atoms with Crippen molar-refractivity contribution >= 4 is 35.4 Å². The molecule has 0 aromatic carbocycles. The standard InChI is InChI=1S/C11H14O3S2/c1-3-9-5-8(6-12)11(16-9)15-7-10(13)14-4-2/h5-6H,3-4,7H2,1-2H3. The fourth-order valence-electron chi connectivity index (χ4n) is 1.14. The van der Waals surface area contributed by atoms with E-state index >= 15 is 0 Å². The Kier molecular flexibility index (Phi) is 5.55. The minimum atomic E-state index is -0.240. The van der Waals surface area contributed by atoms with E-state index in [0.717, 1.165) is 21.8 Å². The molecule has 0 radical (unpaired) electrons. The highest BCUT2D eigenvalue weighted by Crippen LogP contribution is 2.31. The second-order valence-corrected chi connectivity index (χ2v) is 5.40. The number of carbonyl (C=O) groups excluding carboxylic acids is 2. The van der Waals surface area contributed by atoms with Crippen molar-refractivity contribution in [2.24, 2.45) is 0 Å². The van der Waals surface area contributed by atoms with Crippen LogP contribution >= 0.6 is 23.1 Å². The number of thiophene rings is 1. The summed E-state index contributed by atoms with van der Waals surface area (Å²) in [6.07, 6.45) is 1.74. The van der Waals surface area contributed by atoms with E-state index in [-0.39, 0.29) is 11.7 Å². The highest BCUT2D eigenvalue weighted by atomic mass is 32.2. The maximum Gasteiger partial charge on any atom is 0.316 e.